The third kappa shape index (κ3) is 5.05. The van der Waals surface area contributed by atoms with Crippen molar-refractivity contribution in [2.24, 2.45) is 0 Å². The Labute approximate surface area is 151 Å². The average molecular weight is 390 g/mol. The molecule has 0 aliphatic carbocycles. The summed E-state index contributed by atoms with van der Waals surface area (Å²) in [6.07, 6.45) is 1.35. The van der Waals surface area contributed by atoms with E-state index in [1.165, 1.54) is 23.6 Å². The van der Waals surface area contributed by atoms with E-state index in [1.807, 2.05) is 0 Å². The summed E-state index contributed by atoms with van der Waals surface area (Å²) in [5.41, 5.74) is -0.0185. The van der Waals surface area contributed by atoms with Gasteiger partial charge in [-0.25, -0.2) is 4.98 Å². The molecule has 0 aliphatic heterocycles. The summed E-state index contributed by atoms with van der Waals surface area (Å²) in [4.78, 5) is 39.3. The molecular formula is C14H13Cl2N3O4S. The first kappa shape index (κ1) is 18.4. The molecule has 7 nitrogen and oxygen atoms in total. The number of rotatable bonds is 6. The number of nitrogens with zero attached hydrogens (tertiary/aromatic N) is 2. The van der Waals surface area contributed by atoms with Crippen molar-refractivity contribution in [1.29, 1.82) is 0 Å². The molecule has 0 radical (unpaired) electrons. The third-order valence-electron chi connectivity index (χ3n) is 2.75. The Morgan fingerprint density at radius 3 is 2.88 bits per heavy atom. The first-order valence-electron chi connectivity index (χ1n) is 6.84. The van der Waals surface area contributed by atoms with Gasteiger partial charge in [0.25, 0.3) is 5.56 Å². The maximum absolute atomic E-state index is 12.0. The molecule has 0 aliphatic rings. The van der Waals surface area contributed by atoms with Crippen LogP contribution in [-0.2, 0) is 27.3 Å². The largest absolute Gasteiger partial charge is 0.466 e. The molecule has 1 N–H and O–H groups in total. The Morgan fingerprint density at radius 1 is 1.42 bits per heavy atom. The summed E-state index contributed by atoms with van der Waals surface area (Å²) in [5.74, 6) is -0.853. The smallest absolute Gasteiger partial charge is 0.311 e. The summed E-state index contributed by atoms with van der Waals surface area (Å²) in [6.45, 7) is 1.75. The quantitative estimate of drug-likeness (QED) is 0.765. The maximum Gasteiger partial charge on any atom is 0.311 e. The molecular weight excluding hydrogens is 377 g/mol. The first-order chi connectivity index (χ1) is 11.4. The molecule has 2 heterocycles. The van der Waals surface area contributed by atoms with Gasteiger partial charge in [-0.05, 0) is 13.0 Å². The topological polar surface area (TPSA) is 90.3 Å². The summed E-state index contributed by atoms with van der Waals surface area (Å²) < 4.78 is 5.93. The lowest BCUT2D eigenvalue weighted by Gasteiger charge is -2.06. The van der Waals surface area contributed by atoms with E-state index in [9.17, 15) is 14.4 Å². The number of hydrogen-bond donors (Lipinski definition) is 1. The van der Waals surface area contributed by atoms with Crippen molar-refractivity contribution in [3.8, 4) is 0 Å². The number of thiazole rings is 1. The van der Waals surface area contributed by atoms with E-state index < -0.39 is 11.5 Å². The van der Waals surface area contributed by atoms with E-state index in [4.69, 9.17) is 27.9 Å². The molecule has 0 unspecified atom stereocenters. The van der Waals surface area contributed by atoms with Crippen LogP contribution in [0, 0.1) is 0 Å². The predicted octanol–water partition coefficient (Wildman–Crippen LogP) is 2.36. The molecule has 2 aromatic heterocycles. The van der Waals surface area contributed by atoms with Crippen LogP contribution in [0.15, 0.2) is 22.4 Å². The molecule has 1 amide bonds. The second-order valence-corrected chi connectivity index (χ2v) is 6.32. The summed E-state index contributed by atoms with van der Waals surface area (Å²) in [6, 6.07) is 1.31. The van der Waals surface area contributed by atoms with Gasteiger partial charge in [0.05, 0.1) is 23.7 Å². The number of halogens is 2. The van der Waals surface area contributed by atoms with Crippen LogP contribution < -0.4 is 10.9 Å². The highest BCUT2D eigenvalue weighted by Crippen LogP contribution is 2.16. The number of esters is 1. The molecule has 0 aromatic carbocycles. The highest BCUT2D eigenvalue weighted by molar-refractivity contribution is 7.13. The number of ether oxygens (including phenoxy) is 1. The van der Waals surface area contributed by atoms with Crippen molar-refractivity contribution >= 4 is 51.5 Å². The Hall–Kier alpha value is -1.90. The monoisotopic (exact) mass is 389 g/mol. The van der Waals surface area contributed by atoms with Gasteiger partial charge in [-0.1, -0.05) is 23.2 Å². The minimum Gasteiger partial charge on any atom is -0.466 e. The van der Waals surface area contributed by atoms with Gasteiger partial charge in [-0.3, -0.25) is 14.4 Å². The van der Waals surface area contributed by atoms with E-state index in [2.05, 4.69) is 10.3 Å². The van der Waals surface area contributed by atoms with Gasteiger partial charge in [0.1, 0.15) is 11.6 Å². The molecule has 2 aromatic rings. The van der Waals surface area contributed by atoms with Crippen molar-refractivity contribution in [3.63, 3.8) is 0 Å². The lowest BCUT2D eigenvalue weighted by molar-refractivity contribution is -0.142. The van der Waals surface area contributed by atoms with Gasteiger partial charge in [-0.2, -0.15) is 0 Å². The Morgan fingerprint density at radius 2 is 2.17 bits per heavy atom. The lowest BCUT2D eigenvalue weighted by atomic mass is 10.3. The van der Waals surface area contributed by atoms with Gasteiger partial charge in [0.15, 0.2) is 5.13 Å². The molecule has 0 bridgehead atoms. The van der Waals surface area contributed by atoms with Gasteiger partial charge in [0, 0.05) is 11.6 Å². The van der Waals surface area contributed by atoms with Crippen molar-refractivity contribution in [2.75, 3.05) is 11.9 Å². The number of amides is 1. The molecule has 0 saturated heterocycles. The molecule has 2 rings (SSSR count). The van der Waals surface area contributed by atoms with Gasteiger partial charge < -0.3 is 14.6 Å². The number of anilines is 1. The number of carbonyl (C=O) groups excluding carboxylic acids is 2. The minimum absolute atomic E-state index is 0.0313. The lowest BCUT2D eigenvalue weighted by Crippen LogP contribution is -2.27. The molecule has 0 spiro atoms. The second kappa shape index (κ2) is 8.27. The summed E-state index contributed by atoms with van der Waals surface area (Å²) >= 11 is 12.7. The third-order valence-corrected chi connectivity index (χ3v) is 4.04. The van der Waals surface area contributed by atoms with Crippen molar-refractivity contribution in [1.82, 2.24) is 9.55 Å². The van der Waals surface area contributed by atoms with E-state index in [0.29, 0.717) is 17.4 Å². The summed E-state index contributed by atoms with van der Waals surface area (Å²) in [7, 11) is 0. The number of hydrogen-bond acceptors (Lipinski definition) is 6. The zero-order valence-corrected chi connectivity index (χ0v) is 14.9. The van der Waals surface area contributed by atoms with E-state index in [0.717, 1.165) is 4.57 Å². The van der Waals surface area contributed by atoms with Gasteiger partial charge in [0.2, 0.25) is 5.91 Å². The molecule has 24 heavy (non-hydrogen) atoms. The van der Waals surface area contributed by atoms with Crippen LogP contribution in [-0.4, -0.2) is 28.0 Å². The zero-order chi connectivity index (χ0) is 17.7. The van der Waals surface area contributed by atoms with Gasteiger partial charge >= 0.3 is 5.97 Å². The number of aromatic nitrogens is 2. The molecule has 0 fully saturated rings. The predicted molar refractivity (Wildman–Crippen MR) is 91.8 cm³/mol. The van der Waals surface area contributed by atoms with E-state index in [1.54, 1.807) is 12.3 Å². The first-order valence-corrected chi connectivity index (χ1v) is 8.48. The van der Waals surface area contributed by atoms with Crippen LogP contribution in [0.3, 0.4) is 0 Å². The van der Waals surface area contributed by atoms with Crippen LogP contribution in [0.4, 0.5) is 5.13 Å². The van der Waals surface area contributed by atoms with Crippen LogP contribution in [0.5, 0.6) is 0 Å². The Balaban J connectivity index is 1.99. The molecule has 0 saturated carbocycles. The van der Waals surface area contributed by atoms with Crippen LogP contribution >= 0.6 is 34.5 Å². The zero-order valence-electron chi connectivity index (χ0n) is 12.5. The minimum atomic E-state index is -0.515. The fraction of sp³-hybridized carbons (Fsp3) is 0.286. The normalized spacial score (nSPS) is 10.5. The van der Waals surface area contributed by atoms with E-state index in [-0.39, 0.29) is 29.0 Å². The molecule has 10 heteroatoms. The highest BCUT2D eigenvalue weighted by Gasteiger charge is 2.12. The molecule has 128 valence electrons. The fourth-order valence-electron chi connectivity index (χ4n) is 1.80. The van der Waals surface area contributed by atoms with Crippen LogP contribution in [0.1, 0.15) is 12.6 Å². The standard InChI is InChI=1S/C14H13Cl2N3O4S/c1-2-23-12(21)4-9-7-24-14(17-9)18-11(20)6-19-5-8(15)3-10(16)13(19)22/h3,5,7H,2,4,6H2,1H3,(H,17,18,20). The fourth-order valence-corrected chi connectivity index (χ4v) is 3.04. The van der Waals surface area contributed by atoms with Crippen molar-refractivity contribution in [3.05, 3.63) is 43.7 Å². The van der Waals surface area contributed by atoms with Gasteiger partial charge in [-0.15, -0.1) is 11.3 Å². The Bertz CT molecular complexity index is 819. The number of pyridine rings is 1. The maximum atomic E-state index is 12.0. The van der Waals surface area contributed by atoms with Crippen LogP contribution in [0.25, 0.3) is 0 Å². The SMILES string of the molecule is CCOC(=O)Cc1csc(NC(=O)Cn2cc(Cl)cc(Cl)c2=O)n1. The molecule has 0 atom stereocenters. The number of nitrogens with one attached hydrogen (secondary N) is 1. The second-order valence-electron chi connectivity index (χ2n) is 4.61. The van der Waals surface area contributed by atoms with E-state index >= 15 is 0 Å². The van der Waals surface area contributed by atoms with Crippen molar-refractivity contribution < 1.29 is 14.3 Å². The highest BCUT2D eigenvalue weighted by atomic mass is 35.5. The summed E-state index contributed by atoms with van der Waals surface area (Å²) in [5, 5.41) is 4.70. The number of carbonyl (C=O) groups is 2. The van der Waals surface area contributed by atoms with Crippen LogP contribution in [0.2, 0.25) is 10.0 Å². The Kier molecular flexibility index (Phi) is 6.36. The van der Waals surface area contributed by atoms with Crippen molar-refractivity contribution in [2.45, 2.75) is 19.9 Å². The average Bonchev–Trinajstić information content (AvgIpc) is 2.91.